The van der Waals surface area contributed by atoms with Gasteiger partial charge in [0.2, 0.25) is 0 Å². The van der Waals surface area contributed by atoms with E-state index in [0.29, 0.717) is 10.7 Å². The summed E-state index contributed by atoms with van der Waals surface area (Å²) in [6, 6.07) is 6.69. The lowest BCUT2D eigenvalue weighted by Crippen LogP contribution is -2.29. The zero-order chi connectivity index (χ0) is 13.1. The van der Waals surface area contributed by atoms with Crippen LogP contribution >= 0.6 is 11.6 Å². The third-order valence-electron chi connectivity index (χ3n) is 2.83. The maximum absolute atomic E-state index is 12.2. The average molecular weight is 265 g/mol. The molecule has 0 fully saturated rings. The van der Waals surface area contributed by atoms with Gasteiger partial charge in [-0.3, -0.25) is 4.79 Å². The number of halogens is 1. The molecule has 0 aliphatic rings. The van der Waals surface area contributed by atoms with Crippen molar-refractivity contribution in [3.8, 4) is 0 Å². The third kappa shape index (κ3) is 2.54. The second-order valence-electron chi connectivity index (χ2n) is 3.97. The number of hydrogen-bond acceptors (Lipinski definition) is 3. The van der Waals surface area contributed by atoms with Crippen LogP contribution in [0.25, 0.3) is 0 Å². The first-order chi connectivity index (χ1) is 8.59. The Balaban J connectivity index is 2.19. The maximum Gasteiger partial charge on any atom is 0.254 e. The topological polar surface area (TPSA) is 46.3 Å². The molecule has 1 amide bonds. The van der Waals surface area contributed by atoms with E-state index in [4.69, 9.17) is 16.0 Å². The Morgan fingerprint density at radius 1 is 1.50 bits per heavy atom. The largest absolute Gasteiger partial charge is 0.467 e. The number of hydrogen-bond donors (Lipinski definition) is 0. The van der Waals surface area contributed by atoms with E-state index in [1.54, 1.807) is 36.4 Å². The summed E-state index contributed by atoms with van der Waals surface area (Å²) < 4.78 is 5.29. The fourth-order valence-electron chi connectivity index (χ4n) is 1.63. The highest BCUT2D eigenvalue weighted by Gasteiger charge is 2.20. The van der Waals surface area contributed by atoms with Crippen molar-refractivity contribution in [2.45, 2.75) is 13.0 Å². The molecule has 94 valence electrons. The van der Waals surface area contributed by atoms with E-state index in [1.807, 2.05) is 13.0 Å². The molecule has 2 rings (SSSR count). The van der Waals surface area contributed by atoms with Crippen LogP contribution in [0.5, 0.6) is 0 Å². The summed E-state index contributed by atoms with van der Waals surface area (Å²) in [6.07, 6.45) is 3.11. The Bertz CT molecular complexity index is 540. The van der Waals surface area contributed by atoms with E-state index in [-0.39, 0.29) is 11.9 Å². The minimum Gasteiger partial charge on any atom is -0.467 e. The van der Waals surface area contributed by atoms with Crippen LogP contribution in [0.15, 0.2) is 41.1 Å². The Labute approximate surface area is 110 Å². The van der Waals surface area contributed by atoms with E-state index >= 15 is 0 Å². The molecule has 18 heavy (non-hydrogen) atoms. The van der Waals surface area contributed by atoms with Crippen LogP contribution in [0.1, 0.15) is 29.1 Å². The second-order valence-corrected chi connectivity index (χ2v) is 4.36. The van der Waals surface area contributed by atoms with Crippen molar-refractivity contribution in [2.24, 2.45) is 0 Å². The Morgan fingerprint density at radius 2 is 2.28 bits per heavy atom. The molecule has 1 unspecified atom stereocenters. The van der Waals surface area contributed by atoms with Crippen molar-refractivity contribution < 1.29 is 9.21 Å². The molecule has 1 atom stereocenters. The standard InChI is InChI=1S/C13H13ClN2O2/c1-9(11-4-3-7-18-11)16(2)13(17)10-5-6-15-12(14)8-10/h3-9H,1-2H3. The van der Waals surface area contributed by atoms with Crippen molar-refractivity contribution in [2.75, 3.05) is 7.05 Å². The van der Waals surface area contributed by atoms with E-state index in [0.717, 1.165) is 5.76 Å². The normalized spacial score (nSPS) is 12.2. The summed E-state index contributed by atoms with van der Waals surface area (Å²) in [5.41, 5.74) is 0.510. The number of rotatable bonds is 3. The highest BCUT2D eigenvalue weighted by molar-refractivity contribution is 6.29. The lowest BCUT2D eigenvalue weighted by atomic mass is 10.2. The van der Waals surface area contributed by atoms with Crippen LogP contribution in [0.3, 0.4) is 0 Å². The zero-order valence-corrected chi connectivity index (χ0v) is 10.9. The number of amides is 1. The van der Waals surface area contributed by atoms with E-state index < -0.39 is 0 Å². The fraction of sp³-hybridized carbons (Fsp3) is 0.231. The molecule has 0 spiro atoms. The van der Waals surface area contributed by atoms with Gasteiger partial charge >= 0.3 is 0 Å². The monoisotopic (exact) mass is 264 g/mol. The number of aromatic nitrogens is 1. The van der Waals surface area contributed by atoms with Crippen molar-refractivity contribution in [3.63, 3.8) is 0 Å². The van der Waals surface area contributed by atoms with Crippen LogP contribution in [0.2, 0.25) is 5.15 Å². The van der Waals surface area contributed by atoms with Gasteiger partial charge in [0.25, 0.3) is 5.91 Å². The molecular formula is C13H13ClN2O2. The molecule has 0 N–H and O–H groups in total. The summed E-state index contributed by atoms with van der Waals surface area (Å²) >= 11 is 5.77. The number of carbonyl (C=O) groups is 1. The van der Waals surface area contributed by atoms with Gasteiger partial charge in [0.15, 0.2) is 0 Å². The molecule has 0 saturated carbocycles. The molecule has 0 bridgehead atoms. The van der Waals surface area contributed by atoms with Gasteiger partial charge in [0, 0.05) is 18.8 Å². The first kappa shape index (κ1) is 12.6. The first-order valence-electron chi connectivity index (χ1n) is 5.51. The van der Waals surface area contributed by atoms with Gasteiger partial charge in [0.05, 0.1) is 12.3 Å². The van der Waals surface area contributed by atoms with E-state index in [9.17, 15) is 4.79 Å². The van der Waals surface area contributed by atoms with Gasteiger partial charge in [-0.1, -0.05) is 11.6 Å². The Hall–Kier alpha value is -1.81. The molecule has 5 heteroatoms. The predicted octanol–water partition coefficient (Wildman–Crippen LogP) is 3.16. The van der Waals surface area contributed by atoms with Crippen LogP contribution in [-0.4, -0.2) is 22.8 Å². The molecule has 2 aromatic rings. The van der Waals surface area contributed by atoms with Gasteiger partial charge < -0.3 is 9.32 Å². The van der Waals surface area contributed by atoms with Gasteiger partial charge in [-0.2, -0.15) is 0 Å². The summed E-state index contributed by atoms with van der Waals surface area (Å²) in [7, 11) is 1.73. The molecule has 0 aliphatic heterocycles. The Morgan fingerprint density at radius 3 is 2.89 bits per heavy atom. The van der Waals surface area contributed by atoms with Gasteiger partial charge in [-0.25, -0.2) is 4.98 Å². The van der Waals surface area contributed by atoms with Crippen LogP contribution in [0, 0.1) is 0 Å². The number of pyridine rings is 1. The molecular weight excluding hydrogens is 252 g/mol. The lowest BCUT2D eigenvalue weighted by Gasteiger charge is -2.23. The predicted molar refractivity (Wildman–Crippen MR) is 68.5 cm³/mol. The number of nitrogens with zero attached hydrogens (tertiary/aromatic N) is 2. The SMILES string of the molecule is CC(c1ccco1)N(C)C(=O)c1ccnc(Cl)c1. The number of carbonyl (C=O) groups excluding carboxylic acids is 1. The zero-order valence-electron chi connectivity index (χ0n) is 10.1. The summed E-state index contributed by atoms with van der Waals surface area (Å²) in [4.78, 5) is 17.7. The van der Waals surface area contributed by atoms with Crippen molar-refractivity contribution in [3.05, 3.63) is 53.2 Å². The number of furan rings is 1. The fourth-order valence-corrected chi connectivity index (χ4v) is 1.81. The summed E-state index contributed by atoms with van der Waals surface area (Å²) in [6.45, 7) is 1.90. The first-order valence-corrected chi connectivity index (χ1v) is 5.89. The van der Waals surface area contributed by atoms with E-state index in [1.165, 1.54) is 6.20 Å². The van der Waals surface area contributed by atoms with Crippen LogP contribution < -0.4 is 0 Å². The third-order valence-corrected chi connectivity index (χ3v) is 3.04. The van der Waals surface area contributed by atoms with Gasteiger partial charge in [-0.05, 0) is 31.2 Å². The molecule has 0 radical (unpaired) electrons. The van der Waals surface area contributed by atoms with Crippen molar-refractivity contribution in [1.29, 1.82) is 0 Å². The van der Waals surface area contributed by atoms with Crippen LogP contribution in [-0.2, 0) is 0 Å². The molecule has 0 saturated heterocycles. The molecule has 2 aromatic heterocycles. The van der Waals surface area contributed by atoms with Crippen LogP contribution in [0.4, 0.5) is 0 Å². The molecule has 4 nitrogen and oxygen atoms in total. The quantitative estimate of drug-likeness (QED) is 0.800. The van der Waals surface area contributed by atoms with E-state index in [2.05, 4.69) is 4.98 Å². The van der Waals surface area contributed by atoms with Gasteiger partial charge in [-0.15, -0.1) is 0 Å². The van der Waals surface area contributed by atoms with Crippen molar-refractivity contribution >= 4 is 17.5 Å². The molecule has 0 aromatic carbocycles. The molecule has 2 heterocycles. The minimum absolute atomic E-state index is 0.122. The summed E-state index contributed by atoms with van der Waals surface area (Å²) in [5.74, 6) is 0.620. The Kier molecular flexibility index (Phi) is 3.67. The highest BCUT2D eigenvalue weighted by Crippen LogP contribution is 2.21. The lowest BCUT2D eigenvalue weighted by molar-refractivity contribution is 0.0726. The second kappa shape index (κ2) is 5.23. The average Bonchev–Trinajstić information content (AvgIpc) is 2.90. The smallest absolute Gasteiger partial charge is 0.254 e. The highest BCUT2D eigenvalue weighted by atomic mass is 35.5. The molecule has 0 aliphatic carbocycles. The van der Waals surface area contributed by atoms with Gasteiger partial charge in [0.1, 0.15) is 10.9 Å². The van der Waals surface area contributed by atoms with Crippen molar-refractivity contribution in [1.82, 2.24) is 9.88 Å². The minimum atomic E-state index is -0.139. The summed E-state index contributed by atoms with van der Waals surface area (Å²) in [5, 5.41) is 0.305. The maximum atomic E-state index is 12.2.